The zero-order valence-corrected chi connectivity index (χ0v) is 20.3. The topological polar surface area (TPSA) is 62.2 Å². The number of aromatic nitrogens is 1. The van der Waals surface area contributed by atoms with Gasteiger partial charge < -0.3 is 10.4 Å². The van der Waals surface area contributed by atoms with Gasteiger partial charge in [-0.2, -0.15) is 13.2 Å². The number of hydrogen-bond acceptors (Lipinski definition) is 4. The minimum absolute atomic E-state index is 0. The third kappa shape index (κ3) is 6.80. The van der Waals surface area contributed by atoms with E-state index in [1.165, 1.54) is 23.5 Å². The molecule has 0 aliphatic rings. The zero-order chi connectivity index (χ0) is 21.9. The molecule has 1 radical (unpaired) electrons. The van der Waals surface area contributed by atoms with Crippen molar-refractivity contribution in [2.45, 2.75) is 39.4 Å². The summed E-state index contributed by atoms with van der Waals surface area (Å²) in [5, 5.41) is 12.8. The van der Waals surface area contributed by atoms with Crippen molar-refractivity contribution in [3.63, 3.8) is 0 Å². The van der Waals surface area contributed by atoms with E-state index in [9.17, 15) is 18.0 Å². The number of nitrogens with zero attached hydrogens (tertiary/aromatic N) is 1. The molecule has 0 bridgehead atoms. The number of carboxylic acid groups (broad SMARTS) is 1. The molecular weight excluding hydrogens is 436 g/mol. The van der Waals surface area contributed by atoms with Crippen molar-refractivity contribution in [3.8, 4) is 10.6 Å². The van der Waals surface area contributed by atoms with E-state index in [1.807, 2.05) is 32.0 Å². The van der Waals surface area contributed by atoms with Crippen LogP contribution in [-0.2, 0) is 23.9 Å². The molecule has 0 amide bonds. The Hall–Kier alpha value is -1.87. The first-order valence-electron chi connectivity index (χ1n) is 9.32. The van der Waals surface area contributed by atoms with Crippen LogP contribution in [0.3, 0.4) is 0 Å². The molecular formula is C22H21F3N2NaO2S. The molecule has 31 heavy (non-hydrogen) atoms. The monoisotopic (exact) mass is 457 g/mol. The number of nitrogens with one attached hydrogen (secondary N) is 1. The van der Waals surface area contributed by atoms with Crippen molar-refractivity contribution in [2.75, 3.05) is 5.32 Å². The molecule has 0 atom stereocenters. The molecule has 2 aromatic carbocycles. The van der Waals surface area contributed by atoms with Crippen LogP contribution in [0.5, 0.6) is 0 Å². The maximum Gasteiger partial charge on any atom is 0.416 e. The van der Waals surface area contributed by atoms with Gasteiger partial charge in [-0.1, -0.05) is 18.2 Å². The second-order valence-corrected chi connectivity index (χ2v) is 8.07. The Labute approximate surface area is 204 Å². The van der Waals surface area contributed by atoms with Crippen molar-refractivity contribution in [1.82, 2.24) is 4.98 Å². The van der Waals surface area contributed by atoms with Gasteiger partial charge in [0.05, 0.1) is 17.8 Å². The van der Waals surface area contributed by atoms with E-state index in [0.717, 1.165) is 39.5 Å². The Morgan fingerprint density at radius 3 is 2.39 bits per heavy atom. The van der Waals surface area contributed by atoms with Gasteiger partial charge in [0.1, 0.15) is 5.01 Å². The van der Waals surface area contributed by atoms with Crippen LogP contribution in [0.15, 0.2) is 42.5 Å². The molecule has 0 spiro atoms. The first kappa shape index (κ1) is 25.4. The number of thiazole rings is 1. The number of aliphatic carboxylic acids is 1. The van der Waals surface area contributed by atoms with E-state index < -0.39 is 17.7 Å². The number of carboxylic acids is 1. The van der Waals surface area contributed by atoms with Gasteiger partial charge >= 0.3 is 12.1 Å². The number of carbonyl (C=O) groups is 1. The van der Waals surface area contributed by atoms with Gasteiger partial charge in [0.25, 0.3) is 0 Å². The van der Waals surface area contributed by atoms with Gasteiger partial charge in [0.2, 0.25) is 0 Å². The van der Waals surface area contributed by atoms with E-state index in [0.29, 0.717) is 23.5 Å². The molecule has 3 aromatic rings. The molecule has 0 saturated carbocycles. The van der Waals surface area contributed by atoms with Crippen molar-refractivity contribution in [1.29, 1.82) is 0 Å². The Kier molecular flexibility index (Phi) is 8.71. The first-order valence-corrected chi connectivity index (χ1v) is 10.1. The second-order valence-electron chi connectivity index (χ2n) is 6.99. The summed E-state index contributed by atoms with van der Waals surface area (Å²) < 4.78 is 38.2. The predicted molar refractivity (Wildman–Crippen MR) is 118 cm³/mol. The van der Waals surface area contributed by atoms with Crippen LogP contribution in [-0.4, -0.2) is 45.6 Å². The number of halogens is 3. The van der Waals surface area contributed by atoms with Crippen molar-refractivity contribution in [2.24, 2.45) is 0 Å². The van der Waals surface area contributed by atoms with Crippen LogP contribution >= 0.6 is 11.3 Å². The quantitative estimate of drug-likeness (QED) is 0.447. The van der Waals surface area contributed by atoms with Gasteiger partial charge in [-0.25, -0.2) is 4.98 Å². The molecule has 3 rings (SSSR count). The van der Waals surface area contributed by atoms with Crippen molar-refractivity contribution in [3.05, 3.63) is 69.7 Å². The van der Waals surface area contributed by atoms with Crippen LogP contribution in [0.2, 0.25) is 0 Å². The number of hydrogen-bond donors (Lipinski definition) is 2. The predicted octanol–water partition coefficient (Wildman–Crippen LogP) is 5.69. The van der Waals surface area contributed by atoms with E-state index in [-0.39, 0.29) is 36.0 Å². The van der Waals surface area contributed by atoms with E-state index >= 15 is 0 Å². The minimum atomic E-state index is -4.35. The summed E-state index contributed by atoms with van der Waals surface area (Å²) in [7, 11) is 0. The van der Waals surface area contributed by atoms with E-state index in [2.05, 4.69) is 10.3 Å². The largest absolute Gasteiger partial charge is 0.481 e. The molecule has 4 nitrogen and oxygen atoms in total. The number of aryl methyl sites for hydroxylation is 3. The number of rotatable bonds is 7. The third-order valence-electron chi connectivity index (χ3n) is 4.76. The number of benzene rings is 2. The molecule has 1 aromatic heterocycles. The molecule has 0 aliphatic carbocycles. The van der Waals surface area contributed by atoms with Crippen LogP contribution in [0.25, 0.3) is 10.6 Å². The number of alkyl halides is 3. The molecule has 2 N–H and O–H groups in total. The fraction of sp³-hybridized carbons (Fsp3) is 0.273. The van der Waals surface area contributed by atoms with Gasteiger partial charge in [-0.05, 0) is 55.7 Å². The van der Waals surface area contributed by atoms with Crippen LogP contribution in [0.4, 0.5) is 18.9 Å². The van der Waals surface area contributed by atoms with Gasteiger partial charge in [0, 0.05) is 52.1 Å². The molecule has 0 fully saturated rings. The molecule has 159 valence electrons. The van der Waals surface area contributed by atoms with Crippen molar-refractivity contribution < 1.29 is 23.1 Å². The van der Waals surface area contributed by atoms with E-state index in [4.69, 9.17) is 5.11 Å². The minimum Gasteiger partial charge on any atom is -0.481 e. The fourth-order valence-electron chi connectivity index (χ4n) is 3.03. The van der Waals surface area contributed by atoms with Crippen molar-refractivity contribution >= 4 is 52.6 Å². The fourth-order valence-corrected chi connectivity index (χ4v) is 4.04. The Bertz CT molecular complexity index is 1050. The van der Waals surface area contributed by atoms with Gasteiger partial charge in [-0.15, -0.1) is 11.3 Å². The molecule has 0 aliphatic heterocycles. The molecule has 9 heteroatoms. The summed E-state index contributed by atoms with van der Waals surface area (Å²) in [6.45, 7) is 4.36. The van der Waals surface area contributed by atoms with Crippen LogP contribution < -0.4 is 5.32 Å². The average Bonchev–Trinajstić information content (AvgIpc) is 3.05. The summed E-state index contributed by atoms with van der Waals surface area (Å²) in [5.74, 6) is -0.818. The normalized spacial score (nSPS) is 11.1. The SMILES string of the molecule is Cc1cc(NCc2sc(-c3ccc(C(F)(F)F)cc3)nc2C)ccc1CCC(=O)O.[Na]. The summed E-state index contributed by atoms with van der Waals surface area (Å²) in [4.78, 5) is 16.2. The summed E-state index contributed by atoms with van der Waals surface area (Å²) in [6.07, 6.45) is -3.76. The first-order chi connectivity index (χ1) is 14.1. The maximum atomic E-state index is 12.7. The standard InChI is InChI=1S/C22H21F3N2O2S.Na/c1-13-11-18(9-5-15(13)6-10-20(28)29)26-12-19-14(2)27-21(30-19)16-3-7-17(8-4-16)22(23,24)25;/h3-5,7-9,11,26H,6,10,12H2,1-2H3,(H,28,29);. The Morgan fingerprint density at radius 1 is 1.13 bits per heavy atom. The molecule has 1 heterocycles. The van der Waals surface area contributed by atoms with Gasteiger partial charge in [-0.3, -0.25) is 4.79 Å². The summed E-state index contributed by atoms with van der Waals surface area (Å²) in [6, 6.07) is 10.8. The van der Waals surface area contributed by atoms with Crippen LogP contribution in [0.1, 0.15) is 33.7 Å². The molecule has 0 unspecified atom stereocenters. The Morgan fingerprint density at radius 2 is 1.81 bits per heavy atom. The van der Waals surface area contributed by atoms with Crippen LogP contribution in [0, 0.1) is 13.8 Å². The van der Waals surface area contributed by atoms with E-state index in [1.54, 1.807) is 0 Å². The second kappa shape index (κ2) is 10.6. The zero-order valence-electron chi connectivity index (χ0n) is 17.5. The summed E-state index contributed by atoms with van der Waals surface area (Å²) in [5.41, 5.74) is 3.74. The number of anilines is 1. The summed E-state index contributed by atoms with van der Waals surface area (Å²) >= 11 is 1.44. The average molecular weight is 457 g/mol. The maximum absolute atomic E-state index is 12.7. The smallest absolute Gasteiger partial charge is 0.416 e. The third-order valence-corrected chi connectivity index (χ3v) is 5.96. The molecule has 0 saturated heterocycles. The van der Waals surface area contributed by atoms with Gasteiger partial charge in [0.15, 0.2) is 0 Å². The Balaban J connectivity index is 0.00000341.